The maximum atomic E-state index is 11.8. The molecule has 1 fully saturated rings. The Bertz CT molecular complexity index is 303. The molecule has 118 valence electrons. The molecular weight excluding hydrogens is 248 g/mol. The number of amides is 1. The molecule has 20 heavy (non-hydrogen) atoms. The van der Waals surface area contributed by atoms with Gasteiger partial charge in [0.25, 0.3) is 0 Å². The fourth-order valence-corrected chi connectivity index (χ4v) is 1.96. The molecule has 0 heterocycles. The average Bonchev–Trinajstić information content (AvgIpc) is 2.45. The highest BCUT2D eigenvalue weighted by Crippen LogP contribution is 2.35. The predicted octanol–water partition coefficient (Wildman–Crippen LogP) is 4.67. The van der Waals surface area contributed by atoms with Crippen molar-refractivity contribution in [2.24, 2.45) is 10.8 Å². The van der Waals surface area contributed by atoms with Gasteiger partial charge in [0.2, 0.25) is 5.91 Å². The molecule has 0 aromatic heterocycles. The van der Waals surface area contributed by atoms with Crippen molar-refractivity contribution in [1.82, 2.24) is 5.32 Å². The van der Waals surface area contributed by atoms with Gasteiger partial charge in [-0.1, -0.05) is 41.5 Å². The van der Waals surface area contributed by atoms with Crippen LogP contribution in [0, 0.1) is 22.2 Å². The SMILES string of the molecule is CC.CC.CC1(C)CCC(NC(=O)C(C)(C)C#N)CC1. The molecule has 1 aliphatic carbocycles. The Kier molecular flexibility index (Phi) is 10.4. The zero-order valence-electron chi connectivity index (χ0n) is 14.8. The molecule has 3 nitrogen and oxygen atoms in total. The largest absolute Gasteiger partial charge is 0.352 e. The molecule has 0 atom stereocenters. The van der Waals surface area contributed by atoms with E-state index < -0.39 is 5.41 Å². The average molecular weight is 282 g/mol. The van der Waals surface area contributed by atoms with Crippen molar-refractivity contribution in [3.05, 3.63) is 0 Å². The summed E-state index contributed by atoms with van der Waals surface area (Å²) in [5, 5.41) is 11.9. The third-order valence-electron chi connectivity index (χ3n) is 3.52. The fourth-order valence-electron chi connectivity index (χ4n) is 1.96. The molecule has 0 unspecified atom stereocenters. The Hall–Kier alpha value is -1.04. The first-order chi connectivity index (χ1) is 9.27. The Labute approximate surface area is 126 Å². The van der Waals surface area contributed by atoms with Crippen molar-refractivity contribution < 1.29 is 4.79 Å². The molecule has 0 aliphatic heterocycles. The van der Waals surface area contributed by atoms with Crippen molar-refractivity contribution >= 4 is 5.91 Å². The standard InChI is InChI=1S/C13H22N2O.2C2H6/c1-12(2)7-5-10(6-8-12)15-11(16)13(3,4)9-14;2*1-2/h10H,5-8H2,1-4H3,(H,15,16);2*1-2H3. The molecule has 0 spiro atoms. The molecule has 0 saturated heterocycles. The van der Waals surface area contributed by atoms with Crippen LogP contribution in [-0.4, -0.2) is 11.9 Å². The van der Waals surface area contributed by atoms with Crippen LogP contribution >= 0.6 is 0 Å². The number of nitrogens with zero attached hydrogens (tertiary/aromatic N) is 1. The van der Waals surface area contributed by atoms with E-state index in [0.717, 1.165) is 25.7 Å². The van der Waals surface area contributed by atoms with Gasteiger partial charge in [0.1, 0.15) is 5.41 Å². The molecule has 1 rings (SSSR count). The fraction of sp³-hybridized carbons (Fsp3) is 0.882. The number of carbonyl (C=O) groups excluding carboxylic acids is 1. The maximum absolute atomic E-state index is 11.8. The Morgan fingerprint density at radius 3 is 1.90 bits per heavy atom. The van der Waals surface area contributed by atoms with E-state index in [2.05, 4.69) is 19.2 Å². The van der Waals surface area contributed by atoms with Crippen LogP contribution in [0.25, 0.3) is 0 Å². The number of hydrogen-bond acceptors (Lipinski definition) is 2. The lowest BCUT2D eigenvalue weighted by atomic mass is 9.75. The van der Waals surface area contributed by atoms with Crippen LogP contribution in [0.5, 0.6) is 0 Å². The quantitative estimate of drug-likeness (QED) is 0.800. The maximum Gasteiger partial charge on any atom is 0.240 e. The number of nitriles is 1. The van der Waals surface area contributed by atoms with Crippen LogP contribution in [0.3, 0.4) is 0 Å². The van der Waals surface area contributed by atoms with Gasteiger partial charge in [-0.05, 0) is 44.9 Å². The molecule has 1 N–H and O–H groups in total. The summed E-state index contributed by atoms with van der Waals surface area (Å²) in [5.41, 5.74) is -0.501. The van der Waals surface area contributed by atoms with Crippen molar-refractivity contribution in [1.29, 1.82) is 5.26 Å². The summed E-state index contributed by atoms with van der Waals surface area (Å²) >= 11 is 0. The third kappa shape index (κ3) is 7.53. The lowest BCUT2D eigenvalue weighted by molar-refractivity contribution is -0.127. The number of carbonyl (C=O) groups is 1. The molecule has 1 amide bonds. The van der Waals surface area contributed by atoms with Gasteiger partial charge < -0.3 is 5.32 Å². The molecule has 0 bridgehead atoms. The third-order valence-corrected chi connectivity index (χ3v) is 3.52. The zero-order valence-corrected chi connectivity index (χ0v) is 14.8. The van der Waals surface area contributed by atoms with Gasteiger partial charge in [-0.25, -0.2) is 0 Å². The van der Waals surface area contributed by atoms with E-state index in [4.69, 9.17) is 5.26 Å². The van der Waals surface area contributed by atoms with E-state index in [-0.39, 0.29) is 11.9 Å². The molecule has 0 radical (unpaired) electrons. The van der Waals surface area contributed by atoms with Crippen LogP contribution in [0.1, 0.15) is 81.1 Å². The van der Waals surface area contributed by atoms with Crippen molar-refractivity contribution in [3.63, 3.8) is 0 Å². The number of rotatable bonds is 2. The monoisotopic (exact) mass is 282 g/mol. The predicted molar refractivity (Wildman–Crippen MR) is 86.3 cm³/mol. The summed E-state index contributed by atoms with van der Waals surface area (Å²) in [7, 11) is 0. The summed E-state index contributed by atoms with van der Waals surface area (Å²) in [6.07, 6.45) is 4.34. The lowest BCUT2D eigenvalue weighted by Gasteiger charge is -2.35. The summed E-state index contributed by atoms with van der Waals surface area (Å²) in [6, 6.07) is 2.29. The van der Waals surface area contributed by atoms with Gasteiger partial charge >= 0.3 is 0 Å². The van der Waals surface area contributed by atoms with E-state index in [0.29, 0.717) is 5.41 Å². The number of hydrogen-bond donors (Lipinski definition) is 1. The molecule has 0 aromatic rings. The van der Waals surface area contributed by atoms with E-state index in [1.54, 1.807) is 13.8 Å². The molecular formula is C17H34N2O. The Morgan fingerprint density at radius 1 is 1.15 bits per heavy atom. The Morgan fingerprint density at radius 2 is 1.55 bits per heavy atom. The molecule has 1 aliphatic rings. The van der Waals surface area contributed by atoms with Crippen molar-refractivity contribution in [3.8, 4) is 6.07 Å². The second kappa shape index (κ2) is 9.80. The smallest absolute Gasteiger partial charge is 0.240 e. The molecule has 0 aromatic carbocycles. The minimum absolute atomic E-state index is 0.139. The van der Waals surface area contributed by atoms with E-state index in [9.17, 15) is 4.79 Å². The highest BCUT2D eigenvalue weighted by molar-refractivity contribution is 5.84. The van der Waals surface area contributed by atoms with Gasteiger partial charge in [-0.3, -0.25) is 4.79 Å². The summed E-state index contributed by atoms with van der Waals surface area (Å²) < 4.78 is 0. The Balaban J connectivity index is 0. The van der Waals surface area contributed by atoms with Crippen molar-refractivity contribution in [2.45, 2.75) is 87.1 Å². The first-order valence-electron chi connectivity index (χ1n) is 7.99. The van der Waals surface area contributed by atoms with E-state index >= 15 is 0 Å². The molecule has 1 saturated carbocycles. The van der Waals surface area contributed by atoms with Gasteiger partial charge in [0, 0.05) is 6.04 Å². The summed E-state index contributed by atoms with van der Waals surface area (Å²) in [4.78, 5) is 11.8. The summed E-state index contributed by atoms with van der Waals surface area (Å²) in [6.45, 7) is 15.9. The van der Waals surface area contributed by atoms with E-state index in [1.165, 1.54) is 0 Å². The van der Waals surface area contributed by atoms with Crippen LogP contribution in [-0.2, 0) is 4.79 Å². The van der Waals surface area contributed by atoms with Crippen LogP contribution < -0.4 is 5.32 Å². The van der Waals surface area contributed by atoms with Gasteiger partial charge in [0.15, 0.2) is 0 Å². The van der Waals surface area contributed by atoms with Gasteiger partial charge in [-0.2, -0.15) is 5.26 Å². The highest BCUT2D eigenvalue weighted by Gasteiger charge is 2.32. The lowest BCUT2D eigenvalue weighted by Crippen LogP contribution is -2.44. The van der Waals surface area contributed by atoms with Crippen molar-refractivity contribution in [2.75, 3.05) is 0 Å². The number of nitrogens with one attached hydrogen (secondary N) is 1. The topological polar surface area (TPSA) is 52.9 Å². The van der Waals surface area contributed by atoms with Crippen LogP contribution in [0.15, 0.2) is 0 Å². The minimum atomic E-state index is -0.910. The van der Waals surface area contributed by atoms with E-state index in [1.807, 2.05) is 33.8 Å². The second-order valence-corrected chi connectivity index (χ2v) is 6.15. The van der Waals surface area contributed by atoms with Crippen LogP contribution in [0.4, 0.5) is 0 Å². The van der Waals surface area contributed by atoms with Gasteiger partial charge in [0.05, 0.1) is 6.07 Å². The van der Waals surface area contributed by atoms with Crippen LogP contribution in [0.2, 0.25) is 0 Å². The second-order valence-electron chi connectivity index (χ2n) is 6.15. The highest BCUT2D eigenvalue weighted by atomic mass is 16.2. The minimum Gasteiger partial charge on any atom is -0.352 e. The molecule has 3 heteroatoms. The van der Waals surface area contributed by atoms with Gasteiger partial charge in [-0.15, -0.1) is 0 Å². The summed E-state index contributed by atoms with van der Waals surface area (Å²) in [5.74, 6) is -0.139. The normalized spacial score (nSPS) is 17.6. The zero-order chi connectivity index (χ0) is 16.4. The first-order valence-corrected chi connectivity index (χ1v) is 7.99. The first kappa shape index (κ1) is 21.3.